The van der Waals surface area contributed by atoms with Gasteiger partial charge < -0.3 is 15.0 Å². The third kappa shape index (κ3) is 5.59. The second-order valence-corrected chi connectivity index (χ2v) is 12.8. The van der Waals surface area contributed by atoms with E-state index in [9.17, 15) is 30.3 Å². The van der Waals surface area contributed by atoms with Gasteiger partial charge in [0, 0.05) is 63.8 Å². The first-order valence-electron chi connectivity index (χ1n) is 17.1. The number of rotatable bonds is 7. The first kappa shape index (κ1) is 33.5. The van der Waals surface area contributed by atoms with Crippen molar-refractivity contribution in [3.8, 4) is 44.8 Å². The first-order chi connectivity index (χ1) is 27.3. The fourth-order valence-electron chi connectivity index (χ4n) is 7.24. The van der Waals surface area contributed by atoms with E-state index in [-0.39, 0.29) is 22.6 Å². The average Bonchev–Trinajstić information content (AvgIpc) is 4.06. The number of aromatic amines is 3. The van der Waals surface area contributed by atoms with E-state index in [2.05, 4.69) is 19.9 Å². The molecular formula is C41H25N9O6. The lowest BCUT2D eigenvalue weighted by Gasteiger charge is -2.07. The van der Waals surface area contributed by atoms with Crippen LogP contribution in [0.2, 0.25) is 0 Å². The van der Waals surface area contributed by atoms with Gasteiger partial charge >= 0.3 is 0 Å². The molecule has 56 heavy (non-hydrogen) atoms. The molecular weight excluding hydrogens is 715 g/mol. The summed E-state index contributed by atoms with van der Waals surface area (Å²) in [7, 11) is 0. The second kappa shape index (κ2) is 13.3. The van der Waals surface area contributed by atoms with E-state index in [1.165, 1.54) is 18.2 Å². The van der Waals surface area contributed by atoms with E-state index < -0.39 is 14.8 Å². The van der Waals surface area contributed by atoms with E-state index in [4.69, 9.17) is 9.97 Å². The van der Waals surface area contributed by atoms with Crippen LogP contribution < -0.4 is 0 Å². The van der Waals surface area contributed by atoms with Crippen molar-refractivity contribution in [1.29, 1.82) is 0 Å². The molecule has 4 aromatic heterocycles. The number of H-pyrrole nitrogens is 3. The van der Waals surface area contributed by atoms with E-state index >= 15 is 0 Å². The van der Waals surface area contributed by atoms with Crippen LogP contribution in [-0.4, -0.2) is 44.7 Å². The van der Waals surface area contributed by atoms with Gasteiger partial charge in [0.1, 0.15) is 5.82 Å². The molecule has 2 aliphatic heterocycles. The van der Waals surface area contributed by atoms with Gasteiger partial charge in [-0.2, -0.15) is 0 Å². The Labute approximate surface area is 314 Å². The van der Waals surface area contributed by atoms with Gasteiger partial charge in [0.25, 0.3) is 17.1 Å². The molecule has 0 amide bonds. The van der Waals surface area contributed by atoms with Crippen LogP contribution in [0.3, 0.4) is 0 Å². The van der Waals surface area contributed by atoms with Gasteiger partial charge in [0.2, 0.25) is 0 Å². The highest BCUT2D eigenvalue weighted by molar-refractivity contribution is 6.01. The van der Waals surface area contributed by atoms with Crippen LogP contribution in [-0.2, 0) is 0 Å². The molecule has 9 rings (SSSR count). The van der Waals surface area contributed by atoms with E-state index in [0.29, 0.717) is 84.0 Å². The zero-order valence-corrected chi connectivity index (χ0v) is 28.8. The number of benzene rings is 3. The molecule has 15 nitrogen and oxygen atoms in total. The minimum Gasteiger partial charge on any atom is -0.354 e. The number of aromatic nitrogens is 6. The van der Waals surface area contributed by atoms with Crippen molar-refractivity contribution in [2.45, 2.75) is 0 Å². The van der Waals surface area contributed by atoms with Gasteiger partial charge in [-0.1, -0.05) is 36.4 Å². The summed E-state index contributed by atoms with van der Waals surface area (Å²) in [6, 6.07) is 26.0. The lowest BCUT2D eigenvalue weighted by molar-refractivity contribution is -0.384. The van der Waals surface area contributed by atoms with Gasteiger partial charge in [-0.05, 0) is 66.8 Å². The first-order valence-corrected chi connectivity index (χ1v) is 17.1. The summed E-state index contributed by atoms with van der Waals surface area (Å²) >= 11 is 0. The van der Waals surface area contributed by atoms with Crippen LogP contribution in [0, 0.1) is 30.3 Å². The fraction of sp³-hybridized carbons (Fsp3) is 0. The number of para-hydroxylation sites is 3. The van der Waals surface area contributed by atoms with Crippen LogP contribution in [0.1, 0.15) is 22.8 Å². The highest BCUT2D eigenvalue weighted by Crippen LogP contribution is 2.42. The van der Waals surface area contributed by atoms with Crippen LogP contribution in [0.5, 0.6) is 0 Å². The van der Waals surface area contributed by atoms with Crippen LogP contribution in [0.4, 0.5) is 17.1 Å². The van der Waals surface area contributed by atoms with Crippen LogP contribution in [0.15, 0.2) is 109 Å². The van der Waals surface area contributed by atoms with Crippen LogP contribution in [0.25, 0.3) is 91.1 Å². The molecule has 0 saturated heterocycles. The quantitative estimate of drug-likeness (QED) is 0.105. The number of hydrogen-bond acceptors (Lipinski definition) is 9. The summed E-state index contributed by atoms with van der Waals surface area (Å²) in [5, 5.41) is 37.3. The van der Waals surface area contributed by atoms with Gasteiger partial charge in [0.15, 0.2) is 0 Å². The normalized spacial score (nSPS) is 11.9. The third-order valence-corrected chi connectivity index (χ3v) is 9.60. The van der Waals surface area contributed by atoms with Crippen molar-refractivity contribution >= 4 is 63.4 Å². The third-order valence-electron chi connectivity index (χ3n) is 9.60. The van der Waals surface area contributed by atoms with Gasteiger partial charge in [-0.3, -0.25) is 30.3 Å². The van der Waals surface area contributed by atoms with Crippen molar-refractivity contribution in [2.24, 2.45) is 0 Å². The molecule has 0 aliphatic carbocycles. The van der Waals surface area contributed by atoms with Crippen molar-refractivity contribution in [2.75, 3.05) is 0 Å². The summed E-state index contributed by atoms with van der Waals surface area (Å²) < 4.78 is 0. The minimum atomic E-state index is -0.478. The summed E-state index contributed by atoms with van der Waals surface area (Å²) in [6.45, 7) is 0. The smallest absolute Gasteiger partial charge is 0.277 e. The van der Waals surface area contributed by atoms with Crippen molar-refractivity contribution in [1.82, 2.24) is 29.9 Å². The van der Waals surface area contributed by atoms with Crippen LogP contribution >= 0.6 is 0 Å². The molecule has 0 fully saturated rings. The zero-order valence-electron chi connectivity index (χ0n) is 28.8. The largest absolute Gasteiger partial charge is 0.354 e. The molecule has 6 heterocycles. The maximum Gasteiger partial charge on any atom is 0.277 e. The monoisotopic (exact) mass is 739 g/mol. The Morgan fingerprint density at radius 3 is 1.12 bits per heavy atom. The SMILES string of the molecule is O=[N+]([O-])c1ccccc1-c1c2nc(c(-c3ccccc3[N+](=O)[O-])c3ccc([nH]3)c(-c3ccccc3[N+](=O)[O-])c3nc(c(-c4ncc[nH]4)c4ccc1[nH]4)C=C3)C=C2. The fourth-order valence-corrected chi connectivity index (χ4v) is 7.24. The Morgan fingerprint density at radius 2 is 0.786 bits per heavy atom. The van der Waals surface area contributed by atoms with Crippen molar-refractivity contribution in [3.05, 3.63) is 163 Å². The van der Waals surface area contributed by atoms with E-state index in [1.807, 2.05) is 6.07 Å². The molecule has 3 N–H and O–H groups in total. The zero-order chi connectivity index (χ0) is 38.5. The number of nitrogens with one attached hydrogen (secondary N) is 3. The highest BCUT2D eigenvalue weighted by Gasteiger charge is 2.26. The van der Waals surface area contributed by atoms with E-state index in [1.54, 1.807) is 109 Å². The number of nitrogens with zero attached hydrogens (tertiary/aromatic N) is 6. The van der Waals surface area contributed by atoms with Gasteiger partial charge in [-0.25, -0.2) is 15.0 Å². The minimum absolute atomic E-state index is 0.148. The Hall–Kier alpha value is -8.33. The molecule has 270 valence electrons. The predicted molar refractivity (Wildman–Crippen MR) is 213 cm³/mol. The van der Waals surface area contributed by atoms with Crippen molar-refractivity contribution < 1.29 is 14.8 Å². The van der Waals surface area contributed by atoms with E-state index in [0.717, 1.165) is 0 Å². The van der Waals surface area contributed by atoms with Crippen molar-refractivity contribution in [3.63, 3.8) is 0 Å². The summed E-state index contributed by atoms with van der Waals surface area (Å²) in [5.74, 6) is 0.475. The number of hydrogen-bond donors (Lipinski definition) is 3. The predicted octanol–water partition coefficient (Wildman–Crippen LogP) is 9.77. The molecule has 0 saturated carbocycles. The summed E-state index contributed by atoms with van der Waals surface area (Å²) in [4.78, 5) is 60.5. The number of imidazole rings is 1. The maximum atomic E-state index is 12.5. The molecule has 0 spiro atoms. The Balaban J connectivity index is 1.52. The number of nitro groups is 3. The summed E-state index contributed by atoms with van der Waals surface area (Å²) in [5.41, 5.74) is 5.63. The standard InChI is InChI=1S/C41H25N9O6/c51-48(52)34-10-4-1-7-23(34)37-26-13-15-28(44-26)38(24-8-2-5-11-35(24)49(53)54)30-17-19-32(46-30)40(41-42-21-22-43-41)33-20-18-31(47-33)39(29-16-14-27(37)45-29)25-9-3-6-12-36(25)50(55)56/h1-22,44,47H,(H,42,43). The Bertz CT molecular complexity index is 2980. The molecule has 0 unspecified atom stereocenters. The van der Waals surface area contributed by atoms with Gasteiger partial charge in [0.05, 0.1) is 65.3 Å². The second-order valence-electron chi connectivity index (χ2n) is 12.8. The molecule has 15 heteroatoms. The summed E-state index contributed by atoms with van der Waals surface area (Å²) in [6.07, 6.45) is 10.2. The lowest BCUT2D eigenvalue weighted by atomic mass is 10.0. The number of nitro benzene ring substituents is 3. The average molecular weight is 740 g/mol. The topological polar surface area (TPSA) is 215 Å². The molecule has 7 aromatic rings. The molecule has 0 radical (unpaired) electrons. The molecule has 2 aliphatic rings. The maximum absolute atomic E-state index is 12.5. The Morgan fingerprint density at radius 1 is 0.446 bits per heavy atom. The highest BCUT2D eigenvalue weighted by atomic mass is 16.6. The molecule has 3 aromatic carbocycles. The Kier molecular flexibility index (Phi) is 7.93. The number of fused-ring (bicyclic) bond motifs is 8. The molecule has 0 atom stereocenters. The lowest BCUT2D eigenvalue weighted by Crippen LogP contribution is -1.95. The molecule has 8 bridgehead atoms. The van der Waals surface area contributed by atoms with Gasteiger partial charge in [-0.15, -0.1) is 0 Å².